The monoisotopic (exact) mass is 506 g/mol. The lowest BCUT2D eigenvalue weighted by Gasteiger charge is -2.12. The molecule has 1 amide bonds. The minimum Gasteiger partial charge on any atom is -0.406 e. The SMILES string of the molecule is Cc1c(C(=O)Nc2nc3ccc(S(C)(=O)=O)cc3s2)cccc1-c1ccc(OC(F)(F)F)cc1. The molecule has 4 aromatic rings. The van der Waals surface area contributed by atoms with Gasteiger partial charge in [0.2, 0.25) is 0 Å². The van der Waals surface area contributed by atoms with Crippen LogP contribution in [0.25, 0.3) is 21.3 Å². The Morgan fingerprint density at radius 1 is 1.06 bits per heavy atom. The zero-order valence-electron chi connectivity index (χ0n) is 17.8. The summed E-state index contributed by atoms with van der Waals surface area (Å²) in [4.78, 5) is 17.4. The predicted molar refractivity (Wildman–Crippen MR) is 124 cm³/mol. The fourth-order valence-corrected chi connectivity index (χ4v) is 5.01. The van der Waals surface area contributed by atoms with Crippen LogP contribution in [-0.4, -0.2) is 31.9 Å². The number of ether oxygens (including phenoxy) is 1. The number of thiazole rings is 1. The highest BCUT2D eigenvalue weighted by Crippen LogP contribution is 2.31. The number of nitrogens with one attached hydrogen (secondary N) is 1. The molecule has 0 aliphatic carbocycles. The maximum Gasteiger partial charge on any atom is 0.573 e. The second-order valence-corrected chi connectivity index (χ2v) is 10.5. The highest BCUT2D eigenvalue weighted by molar-refractivity contribution is 7.90. The molecule has 0 aliphatic heterocycles. The summed E-state index contributed by atoms with van der Waals surface area (Å²) in [5.74, 6) is -0.753. The van der Waals surface area contributed by atoms with Crippen LogP contribution in [0.15, 0.2) is 65.6 Å². The lowest BCUT2D eigenvalue weighted by atomic mass is 9.96. The van der Waals surface area contributed by atoms with Crippen LogP contribution >= 0.6 is 11.3 Å². The Balaban J connectivity index is 1.58. The van der Waals surface area contributed by atoms with Crippen molar-refractivity contribution < 1.29 is 31.1 Å². The number of amides is 1. The highest BCUT2D eigenvalue weighted by atomic mass is 32.2. The molecule has 0 unspecified atom stereocenters. The van der Waals surface area contributed by atoms with Gasteiger partial charge in [-0.2, -0.15) is 0 Å². The minimum absolute atomic E-state index is 0.164. The topological polar surface area (TPSA) is 85.4 Å². The first-order valence-corrected chi connectivity index (χ1v) is 12.5. The van der Waals surface area contributed by atoms with E-state index in [4.69, 9.17) is 0 Å². The Labute approximate surface area is 196 Å². The van der Waals surface area contributed by atoms with Gasteiger partial charge in [0, 0.05) is 11.8 Å². The number of hydrogen-bond donors (Lipinski definition) is 1. The molecule has 0 aliphatic rings. The maximum atomic E-state index is 12.9. The van der Waals surface area contributed by atoms with E-state index >= 15 is 0 Å². The van der Waals surface area contributed by atoms with Gasteiger partial charge in [-0.25, -0.2) is 13.4 Å². The normalized spacial score (nSPS) is 12.0. The van der Waals surface area contributed by atoms with Crippen LogP contribution in [0.4, 0.5) is 18.3 Å². The van der Waals surface area contributed by atoms with Gasteiger partial charge in [0.05, 0.1) is 15.1 Å². The third kappa shape index (κ3) is 5.20. The van der Waals surface area contributed by atoms with Gasteiger partial charge in [0.15, 0.2) is 15.0 Å². The summed E-state index contributed by atoms with van der Waals surface area (Å²) < 4.78 is 65.2. The molecule has 6 nitrogen and oxygen atoms in total. The number of sulfone groups is 1. The molecule has 1 aromatic heterocycles. The number of fused-ring (bicyclic) bond motifs is 1. The van der Waals surface area contributed by atoms with Crippen LogP contribution < -0.4 is 10.1 Å². The van der Waals surface area contributed by atoms with E-state index in [9.17, 15) is 26.4 Å². The lowest BCUT2D eigenvalue weighted by molar-refractivity contribution is -0.274. The summed E-state index contributed by atoms with van der Waals surface area (Å²) in [7, 11) is -3.37. The first kappa shape index (κ1) is 23.7. The molecule has 34 heavy (non-hydrogen) atoms. The molecule has 0 atom stereocenters. The van der Waals surface area contributed by atoms with E-state index in [1.807, 2.05) is 0 Å². The average molecular weight is 507 g/mol. The number of benzene rings is 3. The lowest BCUT2D eigenvalue weighted by Crippen LogP contribution is -2.17. The van der Waals surface area contributed by atoms with Crippen LogP contribution in [0.3, 0.4) is 0 Å². The molecule has 0 saturated carbocycles. The Kier molecular flexibility index (Phi) is 6.09. The van der Waals surface area contributed by atoms with E-state index in [1.54, 1.807) is 31.2 Å². The zero-order valence-corrected chi connectivity index (χ0v) is 19.4. The van der Waals surface area contributed by atoms with E-state index in [1.165, 1.54) is 36.4 Å². The van der Waals surface area contributed by atoms with E-state index < -0.39 is 22.1 Å². The van der Waals surface area contributed by atoms with Crippen molar-refractivity contribution in [3.8, 4) is 16.9 Å². The van der Waals surface area contributed by atoms with Crippen molar-refractivity contribution in [1.82, 2.24) is 4.98 Å². The van der Waals surface area contributed by atoms with Crippen molar-refractivity contribution >= 4 is 42.4 Å². The molecule has 176 valence electrons. The second kappa shape index (κ2) is 8.73. The van der Waals surface area contributed by atoms with Gasteiger partial charge in [-0.3, -0.25) is 10.1 Å². The standard InChI is InChI=1S/C23H17F3N2O4S2/c1-13-17(14-6-8-15(9-7-14)32-23(24,25)26)4-3-5-18(13)21(29)28-22-27-19-11-10-16(34(2,30)31)12-20(19)33-22/h3-12H,1-2H3,(H,27,28,29). The smallest absolute Gasteiger partial charge is 0.406 e. The first-order chi connectivity index (χ1) is 15.9. The van der Waals surface area contributed by atoms with Crippen LogP contribution in [0.1, 0.15) is 15.9 Å². The Bertz CT molecular complexity index is 1500. The minimum atomic E-state index is -4.78. The number of carbonyl (C=O) groups excluding carboxylic acids is 1. The van der Waals surface area contributed by atoms with Crippen molar-refractivity contribution in [2.24, 2.45) is 0 Å². The Morgan fingerprint density at radius 3 is 2.41 bits per heavy atom. The van der Waals surface area contributed by atoms with Crippen LogP contribution in [0.2, 0.25) is 0 Å². The molecule has 4 rings (SSSR count). The van der Waals surface area contributed by atoms with Gasteiger partial charge in [0.1, 0.15) is 5.75 Å². The molecule has 1 N–H and O–H groups in total. The Hall–Kier alpha value is -3.44. The summed E-state index contributed by atoms with van der Waals surface area (Å²) in [5.41, 5.74) is 2.84. The number of carbonyl (C=O) groups is 1. The molecular weight excluding hydrogens is 489 g/mol. The van der Waals surface area contributed by atoms with Gasteiger partial charge in [-0.15, -0.1) is 13.2 Å². The van der Waals surface area contributed by atoms with E-state index in [0.717, 1.165) is 17.6 Å². The molecule has 0 radical (unpaired) electrons. The third-order valence-corrected chi connectivity index (χ3v) is 7.03. The molecule has 0 fully saturated rings. The molecule has 11 heteroatoms. The van der Waals surface area contributed by atoms with Gasteiger partial charge in [-0.05, 0) is 60.0 Å². The summed E-state index contributed by atoms with van der Waals surface area (Å²) >= 11 is 1.15. The molecule has 1 heterocycles. The Morgan fingerprint density at radius 2 is 1.76 bits per heavy atom. The summed E-state index contributed by atoms with van der Waals surface area (Å²) in [6, 6.07) is 15.0. The largest absolute Gasteiger partial charge is 0.573 e. The van der Waals surface area contributed by atoms with E-state index in [0.29, 0.717) is 37.6 Å². The first-order valence-electron chi connectivity index (χ1n) is 9.78. The molecule has 0 saturated heterocycles. The van der Waals surface area contributed by atoms with Crippen molar-refractivity contribution in [2.75, 3.05) is 11.6 Å². The number of halogens is 3. The second-order valence-electron chi connectivity index (χ2n) is 7.43. The number of nitrogens with zero attached hydrogens (tertiary/aromatic N) is 1. The number of rotatable bonds is 5. The maximum absolute atomic E-state index is 12.9. The van der Waals surface area contributed by atoms with Crippen molar-refractivity contribution in [3.63, 3.8) is 0 Å². The van der Waals surface area contributed by atoms with Gasteiger partial charge < -0.3 is 4.74 Å². The predicted octanol–water partition coefficient (Wildman–Crippen LogP) is 5.83. The molecule has 0 spiro atoms. The average Bonchev–Trinajstić information content (AvgIpc) is 3.14. The zero-order chi connectivity index (χ0) is 24.7. The van der Waals surface area contributed by atoms with Crippen LogP contribution in [0, 0.1) is 6.92 Å². The number of aromatic nitrogens is 1. The quantitative estimate of drug-likeness (QED) is 0.368. The fraction of sp³-hybridized carbons (Fsp3) is 0.130. The third-order valence-electron chi connectivity index (χ3n) is 4.99. The van der Waals surface area contributed by atoms with Gasteiger partial charge in [-0.1, -0.05) is 35.6 Å². The molecule has 0 bridgehead atoms. The number of alkyl halides is 3. The van der Waals surface area contributed by atoms with Gasteiger partial charge >= 0.3 is 6.36 Å². The number of hydrogen-bond acceptors (Lipinski definition) is 6. The van der Waals surface area contributed by atoms with Crippen LogP contribution in [-0.2, 0) is 9.84 Å². The van der Waals surface area contributed by atoms with Gasteiger partial charge in [0.25, 0.3) is 5.91 Å². The van der Waals surface area contributed by atoms with E-state index in [2.05, 4.69) is 15.0 Å². The summed E-state index contributed by atoms with van der Waals surface area (Å²) in [5, 5.41) is 3.04. The number of anilines is 1. The van der Waals surface area contributed by atoms with Crippen LogP contribution in [0.5, 0.6) is 5.75 Å². The summed E-state index contributed by atoms with van der Waals surface area (Å²) in [6.07, 6.45) is -3.66. The van der Waals surface area contributed by atoms with E-state index in [-0.39, 0.29) is 10.6 Å². The molecule has 3 aromatic carbocycles. The summed E-state index contributed by atoms with van der Waals surface area (Å²) in [6.45, 7) is 1.74. The van der Waals surface area contributed by atoms with Crippen molar-refractivity contribution in [1.29, 1.82) is 0 Å². The highest BCUT2D eigenvalue weighted by Gasteiger charge is 2.31. The fourth-order valence-electron chi connectivity index (χ4n) is 3.38. The van der Waals surface area contributed by atoms with Crippen molar-refractivity contribution in [3.05, 3.63) is 71.8 Å². The molecular formula is C23H17F3N2O4S2. The van der Waals surface area contributed by atoms with Crippen molar-refractivity contribution in [2.45, 2.75) is 18.2 Å².